The number of hydrogen-bond acceptors (Lipinski definition) is 3. The van der Waals surface area contributed by atoms with Crippen LogP contribution in [-0.4, -0.2) is 56.5 Å². The predicted molar refractivity (Wildman–Crippen MR) is 103 cm³/mol. The second-order valence-electron chi connectivity index (χ2n) is 8.00. The van der Waals surface area contributed by atoms with Gasteiger partial charge in [-0.3, -0.25) is 4.99 Å². The fourth-order valence-corrected chi connectivity index (χ4v) is 5.13. The molecule has 1 aliphatic carbocycles. The Morgan fingerprint density at radius 2 is 1.96 bits per heavy atom. The first-order valence-electron chi connectivity index (χ1n) is 8.95. The van der Waals surface area contributed by atoms with Crippen molar-refractivity contribution in [3.63, 3.8) is 0 Å². The molecule has 2 fully saturated rings. The topological polar surface area (TPSA) is 61.8 Å². The van der Waals surface area contributed by atoms with Crippen molar-refractivity contribution in [2.45, 2.75) is 43.8 Å². The Kier molecular flexibility index (Phi) is 4.60. The van der Waals surface area contributed by atoms with Crippen molar-refractivity contribution in [3.8, 4) is 0 Å². The van der Waals surface area contributed by atoms with Gasteiger partial charge in [-0.1, -0.05) is 24.3 Å². The maximum absolute atomic E-state index is 12.2. The number of sulfone groups is 1. The SMILES string of the molecule is CN=C(NCC1(c2ccccc2C)CC1)N1CCS(=O)(=O)C(C)(C)C1. The lowest BCUT2D eigenvalue weighted by atomic mass is 9.92. The molecule has 0 amide bonds. The summed E-state index contributed by atoms with van der Waals surface area (Å²) in [6.45, 7) is 7.60. The van der Waals surface area contributed by atoms with Crippen LogP contribution >= 0.6 is 0 Å². The minimum absolute atomic E-state index is 0.184. The van der Waals surface area contributed by atoms with Crippen LogP contribution in [-0.2, 0) is 15.3 Å². The molecular weight excluding hydrogens is 334 g/mol. The van der Waals surface area contributed by atoms with Gasteiger partial charge in [0.05, 0.1) is 10.5 Å². The minimum Gasteiger partial charge on any atom is -0.355 e. The maximum Gasteiger partial charge on any atom is 0.193 e. The minimum atomic E-state index is -3.04. The van der Waals surface area contributed by atoms with E-state index in [1.807, 2.05) is 0 Å². The summed E-state index contributed by atoms with van der Waals surface area (Å²) in [4.78, 5) is 6.49. The number of aliphatic imine (C=N–C) groups is 1. The highest BCUT2D eigenvalue weighted by molar-refractivity contribution is 7.92. The van der Waals surface area contributed by atoms with Gasteiger partial charge in [-0.2, -0.15) is 0 Å². The number of aryl methyl sites for hydroxylation is 1. The van der Waals surface area contributed by atoms with E-state index in [4.69, 9.17) is 0 Å². The molecule has 1 aromatic carbocycles. The molecule has 0 radical (unpaired) electrons. The molecule has 6 heteroatoms. The van der Waals surface area contributed by atoms with Crippen LogP contribution in [0, 0.1) is 6.92 Å². The molecule has 1 aliphatic heterocycles. The van der Waals surface area contributed by atoms with E-state index in [2.05, 4.69) is 46.4 Å². The zero-order valence-corrected chi connectivity index (χ0v) is 16.5. The molecule has 0 bridgehead atoms. The molecule has 1 saturated heterocycles. The fourth-order valence-electron chi connectivity index (χ4n) is 3.77. The maximum atomic E-state index is 12.2. The highest BCUT2D eigenvalue weighted by atomic mass is 32.2. The molecule has 1 heterocycles. The molecule has 25 heavy (non-hydrogen) atoms. The van der Waals surface area contributed by atoms with Gasteiger partial charge in [-0.25, -0.2) is 8.42 Å². The average Bonchev–Trinajstić information content (AvgIpc) is 3.32. The summed E-state index contributed by atoms with van der Waals surface area (Å²) in [7, 11) is -1.27. The Morgan fingerprint density at radius 1 is 1.28 bits per heavy atom. The second kappa shape index (κ2) is 6.31. The quantitative estimate of drug-likeness (QED) is 0.660. The summed E-state index contributed by atoms with van der Waals surface area (Å²) in [5.74, 6) is 0.992. The monoisotopic (exact) mass is 363 g/mol. The average molecular weight is 364 g/mol. The van der Waals surface area contributed by atoms with Gasteiger partial charge in [0.2, 0.25) is 0 Å². The lowest BCUT2D eigenvalue weighted by molar-refractivity contribution is 0.352. The van der Waals surface area contributed by atoms with Crippen molar-refractivity contribution >= 4 is 15.8 Å². The van der Waals surface area contributed by atoms with E-state index >= 15 is 0 Å². The highest BCUT2D eigenvalue weighted by Crippen LogP contribution is 2.48. The van der Waals surface area contributed by atoms with Gasteiger partial charge in [0.1, 0.15) is 0 Å². The lowest BCUT2D eigenvalue weighted by Gasteiger charge is -2.39. The van der Waals surface area contributed by atoms with Gasteiger partial charge in [0, 0.05) is 32.1 Å². The molecule has 5 nitrogen and oxygen atoms in total. The van der Waals surface area contributed by atoms with Gasteiger partial charge in [0.15, 0.2) is 15.8 Å². The zero-order valence-electron chi connectivity index (χ0n) is 15.7. The molecule has 2 aliphatic rings. The first-order valence-corrected chi connectivity index (χ1v) is 10.6. The summed E-state index contributed by atoms with van der Waals surface area (Å²) < 4.78 is 23.7. The van der Waals surface area contributed by atoms with E-state index in [0.717, 1.165) is 12.5 Å². The van der Waals surface area contributed by atoms with Crippen molar-refractivity contribution in [1.82, 2.24) is 10.2 Å². The van der Waals surface area contributed by atoms with Gasteiger partial charge in [-0.05, 0) is 44.7 Å². The van der Waals surface area contributed by atoms with Crippen LogP contribution in [0.4, 0.5) is 0 Å². The standard InChI is InChI=1S/C19H29N3O2S/c1-15-7-5-6-8-16(15)19(9-10-19)13-21-17(20-4)22-11-12-25(23,24)18(2,3)14-22/h5-8H,9-14H2,1-4H3,(H,20,21). The normalized spacial score (nSPS) is 24.0. The number of nitrogens with zero attached hydrogens (tertiary/aromatic N) is 2. The highest BCUT2D eigenvalue weighted by Gasteiger charge is 2.46. The zero-order chi connectivity index (χ0) is 18.3. The van der Waals surface area contributed by atoms with E-state index in [-0.39, 0.29) is 11.2 Å². The molecule has 1 N–H and O–H groups in total. The number of rotatable bonds is 3. The molecule has 0 aromatic heterocycles. The van der Waals surface area contributed by atoms with Crippen molar-refractivity contribution < 1.29 is 8.42 Å². The number of nitrogens with one attached hydrogen (secondary N) is 1. The molecule has 1 aromatic rings. The summed E-state index contributed by atoms with van der Waals surface area (Å²) in [5, 5.41) is 3.51. The largest absolute Gasteiger partial charge is 0.355 e. The fraction of sp³-hybridized carbons (Fsp3) is 0.632. The predicted octanol–water partition coefficient (Wildman–Crippen LogP) is 2.11. The second-order valence-corrected chi connectivity index (χ2v) is 10.7. The molecule has 3 rings (SSSR count). The molecule has 0 unspecified atom stereocenters. The van der Waals surface area contributed by atoms with E-state index in [1.54, 1.807) is 20.9 Å². The number of benzene rings is 1. The molecule has 0 atom stereocenters. The third kappa shape index (κ3) is 3.41. The smallest absolute Gasteiger partial charge is 0.193 e. The van der Waals surface area contributed by atoms with Crippen LogP contribution in [0.15, 0.2) is 29.3 Å². The van der Waals surface area contributed by atoms with E-state index < -0.39 is 14.6 Å². The Labute approximate surface area is 151 Å². The summed E-state index contributed by atoms with van der Waals surface area (Å²) in [6, 6.07) is 8.58. The van der Waals surface area contributed by atoms with Crippen molar-refractivity contribution in [2.24, 2.45) is 4.99 Å². The van der Waals surface area contributed by atoms with Crippen molar-refractivity contribution in [3.05, 3.63) is 35.4 Å². The molecule has 0 spiro atoms. The van der Waals surface area contributed by atoms with Gasteiger partial charge in [-0.15, -0.1) is 0 Å². The third-order valence-electron chi connectivity index (χ3n) is 5.71. The summed E-state index contributed by atoms with van der Waals surface area (Å²) in [5.41, 5.74) is 2.94. The van der Waals surface area contributed by atoms with E-state index in [9.17, 15) is 8.42 Å². The van der Waals surface area contributed by atoms with Crippen LogP contribution < -0.4 is 5.32 Å². The van der Waals surface area contributed by atoms with E-state index in [1.165, 1.54) is 24.0 Å². The third-order valence-corrected chi connectivity index (χ3v) is 8.24. The summed E-state index contributed by atoms with van der Waals surface area (Å²) in [6.07, 6.45) is 2.36. The van der Waals surface area contributed by atoms with Crippen LogP contribution in [0.1, 0.15) is 37.8 Å². The Hall–Kier alpha value is -1.56. The van der Waals surface area contributed by atoms with Crippen molar-refractivity contribution in [1.29, 1.82) is 0 Å². The first kappa shape index (κ1) is 18.2. The lowest BCUT2D eigenvalue weighted by Crippen LogP contribution is -2.57. The number of guanidine groups is 1. The summed E-state index contributed by atoms with van der Waals surface area (Å²) >= 11 is 0. The van der Waals surface area contributed by atoms with Crippen LogP contribution in [0.5, 0.6) is 0 Å². The van der Waals surface area contributed by atoms with Gasteiger partial charge in [0.25, 0.3) is 0 Å². The van der Waals surface area contributed by atoms with Gasteiger partial charge >= 0.3 is 0 Å². The van der Waals surface area contributed by atoms with Crippen molar-refractivity contribution in [2.75, 3.05) is 32.4 Å². The molecular formula is C19H29N3O2S. The van der Waals surface area contributed by atoms with E-state index in [0.29, 0.717) is 13.1 Å². The van der Waals surface area contributed by atoms with Gasteiger partial charge < -0.3 is 10.2 Å². The van der Waals surface area contributed by atoms with Crippen LogP contribution in [0.25, 0.3) is 0 Å². The Morgan fingerprint density at radius 3 is 2.52 bits per heavy atom. The Bertz CT molecular complexity index is 780. The Balaban J connectivity index is 1.69. The van der Waals surface area contributed by atoms with Crippen LogP contribution in [0.3, 0.4) is 0 Å². The first-order chi connectivity index (χ1) is 11.7. The molecule has 138 valence electrons. The van der Waals surface area contributed by atoms with Crippen LogP contribution in [0.2, 0.25) is 0 Å². The number of hydrogen-bond donors (Lipinski definition) is 1. The molecule has 1 saturated carbocycles.